The molecule has 0 saturated carbocycles. The summed E-state index contributed by atoms with van der Waals surface area (Å²) in [6, 6.07) is 8.68. The number of fused-ring (bicyclic) bond motifs is 2. The Hall–Kier alpha value is -1.93. The normalized spacial score (nSPS) is 11.2. The zero-order chi connectivity index (χ0) is 12.9. The van der Waals surface area contributed by atoms with Crippen LogP contribution < -0.4 is 0 Å². The van der Waals surface area contributed by atoms with Crippen LogP contribution in [0.15, 0.2) is 36.4 Å². The van der Waals surface area contributed by atoms with Crippen molar-refractivity contribution in [3.8, 4) is 11.5 Å². The van der Waals surface area contributed by atoms with Crippen molar-refractivity contribution in [3.05, 3.63) is 58.7 Å². The summed E-state index contributed by atoms with van der Waals surface area (Å²) in [7, 11) is 0. The van der Waals surface area contributed by atoms with Gasteiger partial charge in [-0.3, -0.25) is 9.59 Å². The van der Waals surface area contributed by atoms with Crippen molar-refractivity contribution < 1.29 is 33.6 Å². The fraction of sp³-hybridized carbons (Fsp3) is 0. The molecule has 0 aromatic heterocycles. The third-order valence-corrected chi connectivity index (χ3v) is 3.03. The molecule has 0 spiro atoms. The van der Waals surface area contributed by atoms with Crippen LogP contribution in [-0.4, -0.2) is 55.8 Å². The van der Waals surface area contributed by atoms with Crippen LogP contribution in [0.3, 0.4) is 0 Å². The molecule has 0 amide bonds. The van der Waals surface area contributed by atoms with E-state index in [9.17, 15) is 19.8 Å². The van der Waals surface area contributed by atoms with E-state index in [1.165, 1.54) is 36.4 Å². The van der Waals surface area contributed by atoms with E-state index in [2.05, 4.69) is 0 Å². The van der Waals surface area contributed by atoms with Crippen LogP contribution in [0.25, 0.3) is 0 Å². The monoisotopic (exact) mass is 302 g/mol. The summed E-state index contributed by atoms with van der Waals surface area (Å²) >= 11 is 0. The minimum absolute atomic E-state index is 0. The number of carbonyl (C=O) groups excluding carboxylic acids is 2. The average molecular weight is 303 g/mol. The molecular formula is C14H14MgO6. The molecule has 1 aliphatic rings. The van der Waals surface area contributed by atoms with Crippen molar-refractivity contribution in [1.82, 2.24) is 0 Å². The van der Waals surface area contributed by atoms with Crippen LogP contribution in [-0.2, 0) is 0 Å². The largest absolute Gasteiger partial charge is 2.00 e. The van der Waals surface area contributed by atoms with Crippen molar-refractivity contribution in [1.29, 1.82) is 0 Å². The van der Waals surface area contributed by atoms with Gasteiger partial charge < -0.3 is 24.0 Å². The molecule has 7 heteroatoms. The first kappa shape index (κ1) is 19.1. The summed E-state index contributed by atoms with van der Waals surface area (Å²) in [5.74, 6) is -1.40. The van der Waals surface area contributed by atoms with Gasteiger partial charge in [-0.25, -0.2) is 0 Å². The molecule has 0 bridgehead atoms. The van der Waals surface area contributed by atoms with Gasteiger partial charge in [0.15, 0.2) is 5.78 Å². The van der Waals surface area contributed by atoms with Crippen LogP contribution in [0.4, 0.5) is 0 Å². The Labute approximate surface area is 138 Å². The van der Waals surface area contributed by atoms with E-state index >= 15 is 0 Å². The van der Waals surface area contributed by atoms with E-state index in [0.717, 1.165) is 0 Å². The quantitative estimate of drug-likeness (QED) is 0.567. The molecule has 108 valence electrons. The predicted octanol–water partition coefficient (Wildman–Crippen LogP) is 0.0680. The number of hydrogen-bond acceptors (Lipinski definition) is 4. The van der Waals surface area contributed by atoms with Crippen molar-refractivity contribution in [2.75, 3.05) is 0 Å². The minimum Gasteiger partial charge on any atom is -1.00 e. The van der Waals surface area contributed by atoms with Gasteiger partial charge in [-0.2, -0.15) is 0 Å². The second-order valence-corrected chi connectivity index (χ2v) is 4.06. The van der Waals surface area contributed by atoms with Gasteiger partial charge in [0.1, 0.15) is 11.5 Å². The maximum absolute atomic E-state index is 12.2. The van der Waals surface area contributed by atoms with Gasteiger partial charge in [0.05, 0.1) is 11.1 Å². The van der Waals surface area contributed by atoms with Gasteiger partial charge in [-0.05, 0) is 12.1 Å². The van der Waals surface area contributed by atoms with Crippen LogP contribution in [0, 0.1) is 0 Å². The van der Waals surface area contributed by atoms with Gasteiger partial charge in [0.2, 0.25) is 5.78 Å². The molecular weight excluding hydrogens is 288 g/mol. The van der Waals surface area contributed by atoms with Crippen molar-refractivity contribution >= 4 is 34.6 Å². The smallest absolute Gasteiger partial charge is 1.00 e. The summed E-state index contributed by atoms with van der Waals surface area (Å²) < 4.78 is 0. The standard InChI is InChI=1S/C14H8O4.Mg.2H2O.2H/c15-9-5-1-3-7-11(9)14(18)12-8(13(7)17)4-2-6-10(12)16;;;;;/h1-6,15-16H;;2*1H2;;/q;+2;;;2*-1. The maximum atomic E-state index is 12.2. The Morgan fingerprint density at radius 3 is 1.48 bits per heavy atom. The summed E-state index contributed by atoms with van der Waals surface area (Å²) in [6.07, 6.45) is 0. The van der Waals surface area contributed by atoms with Crippen LogP contribution >= 0.6 is 0 Å². The fourth-order valence-corrected chi connectivity index (χ4v) is 2.21. The Bertz CT molecular complexity index is 663. The molecule has 6 N–H and O–H groups in total. The molecule has 1 aliphatic carbocycles. The van der Waals surface area contributed by atoms with Gasteiger partial charge in [0, 0.05) is 11.1 Å². The first-order chi connectivity index (χ1) is 8.61. The van der Waals surface area contributed by atoms with Crippen LogP contribution in [0.2, 0.25) is 0 Å². The number of ketones is 2. The van der Waals surface area contributed by atoms with E-state index in [0.29, 0.717) is 0 Å². The first-order valence-electron chi connectivity index (χ1n) is 5.34. The second-order valence-electron chi connectivity index (χ2n) is 4.06. The molecule has 0 aliphatic heterocycles. The number of hydrogen-bond donors (Lipinski definition) is 2. The summed E-state index contributed by atoms with van der Waals surface area (Å²) in [5.41, 5.74) is 0.240. The summed E-state index contributed by atoms with van der Waals surface area (Å²) in [5, 5.41) is 19.4. The van der Waals surface area contributed by atoms with E-state index in [1.807, 2.05) is 0 Å². The first-order valence-corrected chi connectivity index (χ1v) is 5.34. The topological polar surface area (TPSA) is 138 Å². The fourth-order valence-electron chi connectivity index (χ4n) is 2.21. The van der Waals surface area contributed by atoms with E-state index in [-0.39, 0.29) is 76.4 Å². The molecule has 0 unspecified atom stereocenters. The minimum atomic E-state index is -0.532. The Morgan fingerprint density at radius 1 is 0.714 bits per heavy atom. The Balaban J connectivity index is -0.000000800. The van der Waals surface area contributed by atoms with E-state index in [1.54, 1.807) is 0 Å². The summed E-state index contributed by atoms with van der Waals surface area (Å²) in [6.45, 7) is 0. The number of aromatic hydroxyl groups is 2. The average Bonchev–Trinajstić information content (AvgIpc) is 2.35. The zero-order valence-corrected chi connectivity index (χ0v) is 12.3. The van der Waals surface area contributed by atoms with E-state index < -0.39 is 5.78 Å². The molecule has 3 rings (SSSR count). The third-order valence-electron chi connectivity index (χ3n) is 3.03. The number of carbonyl (C=O) groups is 2. The SMILES string of the molecule is O.O.O=C1c2cccc(O)c2C(=O)c2c(O)cccc21.[H-].[H-].[Mg+2]. The Kier molecular flexibility index (Phi) is 6.06. The van der Waals surface area contributed by atoms with Gasteiger partial charge in [0.25, 0.3) is 0 Å². The number of rotatable bonds is 0. The molecule has 0 saturated heterocycles. The molecule has 0 heterocycles. The number of phenolic OH excluding ortho intramolecular Hbond substituents is 2. The third kappa shape index (κ3) is 2.64. The van der Waals surface area contributed by atoms with Crippen molar-refractivity contribution in [2.24, 2.45) is 0 Å². The number of benzene rings is 2. The number of phenols is 2. The van der Waals surface area contributed by atoms with Gasteiger partial charge in [-0.1, -0.05) is 24.3 Å². The van der Waals surface area contributed by atoms with Crippen molar-refractivity contribution in [3.63, 3.8) is 0 Å². The zero-order valence-electron chi connectivity index (χ0n) is 12.9. The van der Waals surface area contributed by atoms with Crippen molar-refractivity contribution in [2.45, 2.75) is 0 Å². The molecule has 21 heavy (non-hydrogen) atoms. The molecule has 0 fully saturated rings. The summed E-state index contributed by atoms with van der Waals surface area (Å²) in [4.78, 5) is 24.4. The Morgan fingerprint density at radius 2 is 1.10 bits per heavy atom. The molecule has 2 aromatic carbocycles. The molecule has 6 nitrogen and oxygen atoms in total. The van der Waals surface area contributed by atoms with Gasteiger partial charge in [-0.15, -0.1) is 0 Å². The molecule has 2 aromatic rings. The maximum Gasteiger partial charge on any atom is 2.00 e. The van der Waals surface area contributed by atoms with Crippen LogP contribution in [0.1, 0.15) is 34.7 Å². The molecule has 0 atom stereocenters. The predicted molar refractivity (Wildman–Crippen MR) is 78.3 cm³/mol. The van der Waals surface area contributed by atoms with Crippen LogP contribution in [0.5, 0.6) is 11.5 Å². The van der Waals surface area contributed by atoms with E-state index in [4.69, 9.17) is 0 Å². The molecule has 0 radical (unpaired) electrons. The van der Waals surface area contributed by atoms with Gasteiger partial charge >= 0.3 is 23.1 Å². The second kappa shape index (κ2) is 6.68.